The number of alkyl halides is 1. The largest absolute Gasteiger partial charge is 0.371 e. The quantitative estimate of drug-likeness (QED) is 0.711. The van der Waals surface area contributed by atoms with Crippen molar-refractivity contribution in [2.24, 2.45) is 0 Å². The summed E-state index contributed by atoms with van der Waals surface area (Å²) in [7, 11) is 0. The molecule has 0 aliphatic carbocycles. The van der Waals surface area contributed by atoms with Crippen molar-refractivity contribution in [1.82, 2.24) is 0 Å². The molecule has 15 heavy (non-hydrogen) atoms. The summed E-state index contributed by atoms with van der Waals surface area (Å²) < 4.78 is 0. The Morgan fingerprint density at radius 3 is 2.87 bits per heavy atom. The standard InChI is InChI=1S/C13H18ClN/c1-10-8-11(2)13-12(9-10)4-7-15(13)6-3-5-14/h8-9H,3-7H2,1-2H3. The van der Waals surface area contributed by atoms with Crippen molar-refractivity contribution in [2.45, 2.75) is 26.7 Å². The Bertz CT molecular complexity index is 360. The first kappa shape index (κ1) is 10.8. The van der Waals surface area contributed by atoms with Crippen LogP contribution in [0.2, 0.25) is 0 Å². The normalized spacial score (nSPS) is 14.5. The zero-order valence-electron chi connectivity index (χ0n) is 9.52. The highest BCUT2D eigenvalue weighted by molar-refractivity contribution is 6.17. The number of halogens is 1. The van der Waals surface area contributed by atoms with Crippen LogP contribution < -0.4 is 4.90 Å². The Morgan fingerprint density at radius 2 is 2.13 bits per heavy atom. The maximum absolute atomic E-state index is 5.75. The highest BCUT2D eigenvalue weighted by atomic mass is 35.5. The Hall–Kier alpha value is -0.690. The molecule has 0 amide bonds. The molecule has 0 saturated carbocycles. The molecule has 1 nitrogen and oxygen atoms in total. The lowest BCUT2D eigenvalue weighted by Crippen LogP contribution is -2.22. The molecular formula is C13H18ClN. The van der Waals surface area contributed by atoms with E-state index >= 15 is 0 Å². The Morgan fingerprint density at radius 1 is 1.33 bits per heavy atom. The molecular weight excluding hydrogens is 206 g/mol. The average molecular weight is 224 g/mol. The number of benzene rings is 1. The first-order valence-electron chi connectivity index (χ1n) is 5.63. The van der Waals surface area contributed by atoms with Gasteiger partial charge in [0.2, 0.25) is 0 Å². The zero-order chi connectivity index (χ0) is 10.8. The first-order chi connectivity index (χ1) is 7.22. The second-order valence-corrected chi connectivity index (χ2v) is 4.75. The van der Waals surface area contributed by atoms with Gasteiger partial charge in [-0.15, -0.1) is 11.6 Å². The highest BCUT2D eigenvalue weighted by Gasteiger charge is 2.20. The number of hydrogen-bond donors (Lipinski definition) is 0. The summed E-state index contributed by atoms with van der Waals surface area (Å²) in [4.78, 5) is 2.48. The lowest BCUT2D eigenvalue weighted by molar-refractivity contribution is 0.798. The summed E-state index contributed by atoms with van der Waals surface area (Å²) in [5.74, 6) is 0.761. The van der Waals surface area contributed by atoms with Crippen LogP contribution in [0.1, 0.15) is 23.1 Å². The smallest absolute Gasteiger partial charge is 0.0429 e. The average Bonchev–Trinajstić information content (AvgIpc) is 2.58. The molecule has 0 saturated heterocycles. The van der Waals surface area contributed by atoms with Gasteiger partial charge in [-0.3, -0.25) is 0 Å². The van der Waals surface area contributed by atoms with E-state index < -0.39 is 0 Å². The second-order valence-electron chi connectivity index (χ2n) is 4.37. The lowest BCUT2D eigenvalue weighted by Gasteiger charge is -2.21. The molecule has 0 radical (unpaired) electrons. The predicted molar refractivity (Wildman–Crippen MR) is 67.2 cm³/mol. The minimum Gasteiger partial charge on any atom is -0.371 e. The van der Waals surface area contributed by atoms with Gasteiger partial charge in [0.05, 0.1) is 0 Å². The summed E-state index contributed by atoms with van der Waals surface area (Å²) >= 11 is 5.75. The van der Waals surface area contributed by atoms with E-state index in [4.69, 9.17) is 11.6 Å². The summed E-state index contributed by atoms with van der Waals surface area (Å²) in [6.45, 7) is 6.65. The fourth-order valence-corrected chi connectivity index (χ4v) is 2.65. The van der Waals surface area contributed by atoms with Crippen LogP contribution in [0.25, 0.3) is 0 Å². The van der Waals surface area contributed by atoms with Crippen LogP contribution in [0.4, 0.5) is 5.69 Å². The molecule has 0 bridgehead atoms. The summed E-state index contributed by atoms with van der Waals surface area (Å²) in [6, 6.07) is 4.60. The van der Waals surface area contributed by atoms with Crippen LogP contribution in [0.5, 0.6) is 0 Å². The van der Waals surface area contributed by atoms with Gasteiger partial charge in [-0.25, -0.2) is 0 Å². The van der Waals surface area contributed by atoms with Crippen molar-refractivity contribution >= 4 is 17.3 Å². The number of hydrogen-bond acceptors (Lipinski definition) is 1. The van der Waals surface area contributed by atoms with E-state index in [1.165, 1.54) is 28.8 Å². The van der Waals surface area contributed by atoms with Gasteiger partial charge >= 0.3 is 0 Å². The van der Waals surface area contributed by atoms with Gasteiger partial charge in [0.1, 0.15) is 0 Å². The van der Waals surface area contributed by atoms with Crippen LogP contribution in [-0.2, 0) is 6.42 Å². The van der Waals surface area contributed by atoms with Crippen molar-refractivity contribution in [2.75, 3.05) is 23.9 Å². The minimum atomic E-state index is 0.761. The molecule has 0 N–H and O–H groups in total. The Balaban J connectivity index is 2.25. The van der Waals surface area contributed by atoms with Gasteiger partial charge in [0.25, 0.3) is 0 Å². The number of aryl methyl sites for hydroxylation is 2. The molecule has 0 atom stereocenters. The van der Waals surface area contributed by atoms with Crippen LogP contribution >= 0.6 is 11.6 Å². The molecule has 0 spiro atoms. The van der Waals surface area contributed by atoms with Crippen LogP contribution in [0.15, 0.2) is 12.1 Å². The van der Waals surface area contributed by atoms with Crippen molar-refractivity contribution in [1.29, 1.82) is 0 Å². The minimum absolute atomic E-state index is 0.761. The van der Waals surface area contributed by atoms with E-state index in [9.17, 15) is 0 Å². The predicted octanol–water partition coefficient (Wildman–Crippen LogP) is 3.29. The first-order valence-corrected chi connectivity index (χ1v) is 6.17. The highest BCUT2D eigenvalue weighted by Crippen LogP contribution is 2.32. The Kier molecular flexibility index (Phi) is 3.20. The fourth-order valence-electron chi connectivity index (χ4n) is 2.53. The monoisotopic (exact) mass is 223 g/mol. The molecule has 0 unspecified atom stereocenters. The molecule has 2 rings (SSSR count). The molecule has 0 fully saturated rings. The van der Waals surface area contributed by atoms with Crippen LogP contribution in [0, 0.1) is 13.8 Å². The summed E-state index contributed by atoms with van der Waals surface area (Å²) in [6.07, 6.45) is 2.27. The maximum atomic E-state index is 5.75. The molecule has 1 aliphatic rings. The number of nitrogens with zero attached hydrogens (tertiary/aromatic N) is 1. The maximum Gasteiger partial charge on any atom is 0.0429 e. The fraction of sp³-hybridized carbons (Fsp3) is 0.538. The summed E-state index contributed by atoms with van der Waals surface area (Å²) in [5, 5.41) is 0. The molecule has 1 aromatic rings. The SMILES string of the molecule is Cc1cc(C)c2c(c1)CCN2CCCCl. The topological polar surface area (TPSA) is 3.24 Å². The van der Waals surface area contributed by atoms with E-state index in [2.05, 4.69) is 30.9 Å². The third-order valence-electron chi connectivity index (χ3n) is 3.05. The molecule has 1 aliphatic heterocycles. The number of fused-ring (bicyclic) bond motifs is 1. The Labute approximate surface area is 97.0 Å². The third kappa shape index (κ3) is 2.12. The van der Waals surface area contributed by atoms with Gasteiger partial charge in [-0.1, -0.05) is 17.7 Å². The van der Waals surface area contributed by atoms with Crippen molar-refractivity contribution in [3.8, 4) is 0 Å². The van der Waals surface area contributed by atoms with Gasteiger partial charge in [0, 0.05) is 24.7 Å². The molecule has 0 aromatic heterocycles. The van der Waals surface area contributed by atoms with E-state index in [1.54, 1.807) is 0 Å². The van der Waals surface area contributed by atoms with Crippen molar-refractivity contribution in [3.05, 3.63) is 28.8 Å². The van der Waals surface area contributed by atoms with E-state index in [0.29, 0.717) is 0 Å². The second kappa shape index (κ2) is 4.44. The van der Waals surface area contributed by atoms with Gasteiger partial charge in [0.15, 0.2) is 0 Å². The van der Waals surface area contributed by atoms with Gasteiger partial charge in [-0.05, 0) is 37.8 Å². The van der Waals surface area contributed by atoms with Gasteiger partial charge in [-0.2, -0.15) is 0 Å². The summed E-state index contributed by atoms with van der Waals surface area (Å²) in [5.41, 5.74) is 5.77. The van der Waals surface area contributed by atoms with E-state index in [0.717, 1.165) is 25.4 Å². The molecule has 2 heteroatoms. The van der Waals surface area contributed by atoms with Crippen LogP contribution in [-0.4, -0.2) is 19.0 Å². The van der Waals surface area contributed by atoms with E-state index in [1.807, 2.05) is 0 Å². The number of rotatable bonds is 3. The van der Waals surface area contributed by atoms with Gasteiger partial charge < -0.3 is 4.90 Å². The molecule has 82 valence electrons. The molecule has 1 aromatic carbocycles. The van der Waals surface area contributed by atoms with Crippen molar-refractivity contribution < 1.29 is 0 Å². The van der Waals surface area contributed by atoms with Crippen molar-refractivity contribution in [3.63, 3.8) is 0 Å². The van der Waals surface area contributed by atoms with E-state index in [-0.39, 0.29) is 0 Å². The lowest BCUT2D eigenvalue weighted by atomic mass is 10.0. The van der Waals surface area contributed by atoms with Crippen LogP contribution in [0.3, 0.4) is 0 Å². The number of anilines is 1. The zero-order valence-corrected chi connectivity index (χ0v) is 10.3. The third-order valence-corrected chi connectivity index (χ3v) is 3.32. The molecule has 1 heterocycles.